The molecule has 1 amide bonds. The van der Waals surface area contributed by atoms with Crippen molar-refractivity contribution in [2.45, 2.75) is 18.9 Å². The molecule has 0 saturated carbocycles. The van der Waals surface area contributed by atoms with Crippen molar-refractivity contribution in [2.75, 3.05) is 26.2 Å². The molecule has 122 valence electrons. The first-order chi connectivity index (χ1) is 11.2. The maximum atomic E-state index is 12.5. The van der Waals surface area contributed by atoms with Gasteiger partial charge in [0, 0.05) is 19.6 Å². The lowest BCUT2D eigenvalue weighted by atomic mass is 10.1. The van der Waals surface area contributed by atoms with Crippen molar-refractivity contribution in [3.8, 4) is 0 Å². The molecular formula is C17H22N4O2. The topological polar surface area (TPSA) is 84.4 Å². The minimum Gasteiger partial charge on any atom is -0.446 e. The molecular weight excluding hydrogens is 292 g/mol. The fourth-order valence-corrected chi connectivity index (χ4v) is 2.72. The second kappa shape index (κ2) is 7.39. The lowest BCUT2D eigenvalue weighted by Crippen LogP contribution is -2.34. The number of nitrogens with two attached hydrogens (primary N) is 1. The molecule has 1 aromatic carbocycles. The summed E-state index contributed by atoms with van der Waals surface area (Å²) >= 11 is 0. The van der Waals surface area contributed by atoms with Crippen LogP contribution >= 0.6 is 0 Å². The van der Waals surface area contributed by atoms with Crippen LogP contribution in [-0.4, -0.2) is 42.0 Å². The highest BCUT2D eigenvalue weighted by molar-refractivity contribution is 5.92. The van der Waals surface area contributed by atoms with Crippen LogP contribution in [-0.2, 0) is 6.42 Å². The summed E-state index contributed by atoms with van der Waals surface area (Å²) < 4.78 is 5.44. The Morgan fingerprint density at radius 3 is 2.96 bits per heavy atom. The molecule has 1 aliphatic heterocycles. The molecule has 1 unspecified atom stereocenters. The van der Waals surface area contributed by atoms with Crippen molar-refractivity contribution in [3.63, 3.8) is 0 Å². The van der Waals surface area contributed by atoms with E-state index < -0.39 is 0 Å². The van der Waals surface area contributed by atoms with Gasteiger partial charge < -0.3 is 20.4 Å². The van der Waals surface area contributed by atoms with Gasteiger partial charge in [-0.25, -0.2) is 4.98 Å². The van der Waals surface area contributed by atoms with Crippen LogP contribution in [0.2, 0.25) is 0 Å². The number of nitrogens with one attached hydrogen (secondary N) is 1. The summed E-state index contributed by atoms with van der Waals surface area (Å²) in [5.74, 6) is 0.320. The zero-order chi connectivity index (χ0) is 16.1. The number of nitrogens with zero attached hydrogens (tertiary/aromatic N) is 2. The molecule has 1 aromatic heterocycles. The number of hydrogen-bond acceptors (Lipinski definition) is 5. The van der Waals surface area contributed by atoms with E-state index in [-0.39, 0.29) is 11.9 Å². The van der Waals surface area contributed by atoms with Crippen molar-refractivity contribution < 1.29 is 9.21 Å². The SMILES string of the molecule is NC(Cc1ccccc1)c1nc(C(=O)N2CCCNCC2)co1. The Balaban J connectivity index is 1.66. The van der Waals surface area contributed by atoms with Gasteiger partial charge >= 0.3 is 0 Å². The number of aromatic nitrogens is 1. The third-order valence-corrected chi connectivity index (χ3v) is 3.98. The third kappa shape index (κ3) is 3.97. The summed E-state index contributed by atoms with van der Waals surface area (Å²) in [6.07, 6.45) is 2.99. The summed E-state index contributed by atoms with van der Waals surface area (Å²) in [6.45, 7) is 3.18. The lowest BCUT2D eigenvalue weighted by Gasteiger charge is -2.18. The van der Waals surface area contributed by atoms with Gasteiger partial charge in [0.2, 0.25) is 5.89 Å². The van der Waals surface area contributed by atoms with Gasteiger partial charge in [0.25, 0.3) is 5.91 Å². The van der Waals surface area contributed by atoms with Crippen LogP contribution in [0.15, 0.2) is 41.0 Å². The number of carbonyl (C=O) groups is 1. The molecule has 6 heteroatoms. The molecule has 23 heavy (non-hydrogen) atoms. The van der Waals surface area contributed by atoms with E-state index in [4.69, 9.17) is 10.2 Å². The van der Waals surface area contributed by atoms with Gasteiger partial charge in [-0.1, -0.05) is 30.3 Å². The highest BCUT2D eigenvalue weighted by Gasteiger charge is 2.22. The first-order valence-corrected chi connectivity index (χ1v) is 7.99. The number of rotatable bonds is 4. The van der Waals surface area contributed by atoms with Gasteiger partial charge in [-0.15, -0.1) is 0 Å². The molecule has 2 aromatic rings. The van der Waals surface area contributed by atoms with E-state index in [2.05, 4.69) is 10.3 Å². The van der Waals surface area contributed by atoms with Crippen LogP contribution in [0.25, 0.3) is 0 Å². The molecule has 0 spiro atoms. The molecule has 1 atom stereocenters. The molecule has 0 bridgehead atoms. The van der Waals surface area contributed by atoms with Crippen molar-refractivity contribution in [1.82, 2.24) is 15.2 Å². The molecule has 3 N–H and O–H groups in total. The summed E-state index contributed by atoms with van der Waals surface area (Å²) in [5, 5.41) is 3.28. The minimum absolute atomic E-state index is 0.0874. The van der Waals surface area contributed by atoms with Crippen molar-refractivity contribution in [2.24, 2.45) is 5.73 Å². The number of carbonyl (C=O) groups excluding carboxylic acids is 1. The van der Waals surface area contributed by atoms with E-state index in [9.17, 15) is 4.79 Å². The van der Waals surface area contributed by atoms with Crippen LogP contribution in [0.5, 0.6) is 0 Å². The Kier molecular flexibility index (Phi) is 5.05. The second-order valence-corrected chi connectivity index (χ2v) is 5.76. The quantitative estimate of drug-likeness (QED) is 0.890. The van der Waals surface area contributed by atoms with Gasteiger partial charge in [0.1, 0.15) is 6.26 Å². The van der Waals surface area contributed by atoms with Crippen molar-refractivity contribution in [1.29, 1.82) is 0 Å². The summed E-state index contributed by atoms with van der Waals surface area (Å²) in [5.41, 5.74) is 7.61. The highest BCUT2D eigenvalue weighted by atomic mass is 16.3. The van der Waals surface area contributed by atoms with Crippen LogP contribution in [0, 0.1) is 0 Å². The number of hydrogen-bond donors (Lipinski definition) is 2. The average molecular weight is 314 g/mol. The van der Waals surface area contributed by atoms with Gasteiger partial charge in [-0.05, 0) is 24.9 Å². The van der Waals surface area contributed by atoms with Crippen LogP contribution in [0.1, 0.15) is 34.4 Å². The van der Waals surface area contributed by atoms with E-state index >= 15 is 0 Å². The van der Waals surface area contributed by atoms with E-state index in [1.807, 2.05) is 35.2 Å². The lowest BCUT2D eigenvalue weighted by molar-refractivity contribution is 0.0760. The first kappa shape index (κ1) is 15.7. The molecule has 6 nitrogen and oxygen atoms in total. The van der Waals surface area contributed by atoms with Gasteiger partial charge in [0.05, 0.1) is 6.04 Å². The molecule has 1 fully saturated rings. The fourth-order valence-electron chi connectivity index (χ4n) is 2.72. The summed E-state index contributed by atoms with van der Waals surface area (Å²) in [6, 6.07) is 9.58. The van der Waals surface area contributed by atoms with Gasteiger partial charge in [-0.2, -0.15) is 0 Å². The van der Waals surface area contributed by atoms with Gasteiger partial charge in [0.15, 0.2) is 5.69 Å². The molecule has 1 aliphatic rings. The highest BCUT2D eigenvalue weighted by Crippen LogP contribution is 2.16. The van der Waals surface area contributed by atoms with Crippen LogP contribution in [0.3, 0.4) is 0 Å². The van der Waals surface area contributed by atoms with Crippen molar-refractivity contribution in [3.05, 3.63) is 53.7 Å². The number of oxazole rings is 1. The Labute approximate surface area is 135 Å². The zero-order valence-electron chi connectivity index (χ0n) is 13.1. The Hall–Kier alpha value is -2.18. The summed E-state index contributed by atoms with van der Waals surface area (Å²) in [4.78, 5) is 18.6. The average Bonchev–Trinajstić information content (AvgIpc) is 2.91. The molecule has 3 rings (SSSR count). The van der Waals surface area contributed by atoms with E-state index in [1.54, 1.807) is 0 Å². The zero-order valence-corrected chi connectivity index (χ0v) is 13.1. The maximum Gasteiger partial charge on any atom is 0.275 e. The summed E-state index contributed by atoms with van der Waals surface area (Å²) in [7, 11) is 0. The third-order valence-electron chi connectivity index (χ3n) is 3.98. The van der Waals surface area contributed by atoms with Crippen molar-refractivity contribution >= 4 is 5.91 Å². The maximum absolute atomic E-state index is 12.5. The van der Waals surface area contributed by atoms with E-state index in [0.717, 1.165) is 31.6 Å². The largest absolute Gasteiger partial charge is 0.446 e. The second-order valence-electron chi connectivity index (χ2n) is 5.76. The molecule has 0 aliphatic carbocycles. The predicted octanol–water partition coefficient (Wildman–Crippen LogP) is 1.35. The minimum atomic E-state index is -0.357. The van der Waals surface area contributed by atoms with E-state index in [1.165, 1.54) is 6.26 Å². The molecule has 2 heterocycles. The van der Waals surface area contributed by atoms with Crippen LogP contribution in [0.4, 0.5) is 0 Å². The normalized spacial score (nSPS) is 16.8. The van der Waals surface area contributed by atoms with Crippen LogP contribution < -0.4 is 11.1 Å². The monoisotopic (exact) mass is 314 g/mol. The molecule has 0 radical (unpaired) electrons. The van der Waals surface area contributed by atoms with Gasteiger partial charge in [-0.3, -0.25) is 4.79 Å². The first-order valence-electron chi connectivity index (χ1n) is 7.99. The molecule has 1 saturated heterocycles. The Morgan fingerprint density at radius 2 is 2.13 bits per heavy atom. The van der Waals surface area contributed by atoms with E-state index in [0.29, 0.717) is 24.6 Å². The smallest absolute Gasteiger partial charge is 0.275 e. The fraction of sp³-hybridized carbons (Fsp3) is 0.412. The number of amides is 1. The Bertz CT molecular complexity index is 633. The Morgan fingerprint density at radius 1 is 1.30 bits per heavy atom. The number of benzene rings is 1. The predicted molar refractivity (Wildman–Crippen MR) is 87.0 cm³/mol. The standard InChI is InChI=1S/C17H22N4O2/c18-14(11-13-5-2-1-3-6-13)16-20-15(12-23-16)17(22)21-9-4-7-19-8-10-21/h1-3,5-6,12,14,19H,4,7-11,18H2.